The highest BCUT2D eigenvalue weighted by molar-refractivity contribution is 5.85. The first-order chi connectivity index (χ1) is 13.7. The third-order valence-electron chi connectivity index (χ3n) is 9.75. The maximum atomic E-state index is 12.1. The van der Waals surface area contributed by atoms with E-state index < -0.39 is 22.7 Å². The summed E-state index contributed by atoms with van der Waals surface area (Å²) in [5.74, 6) is -0.280. The van der Waals surface area contributed by atoms with Gasteiger partial charge in [-0.15, -0.1) is 0 Å². The van der Waals surface area contributed by atoms with E-state index in [4.69, 9.17) is 4.74 Å². The Bertz CT molecular complexity index is 819. The molecular formula is C23H31NO5. The fourth-order valence-electron chi connectivity index (χ4n) is 8.27. The van der Waals surface area contributed by atoms with Gasteiger partial charge < -0.3 is 20.1 Å². The summed E-state index contributed by atoms with van der Waals surface area (Å²) in [5.41, 5.74) is -2.33. The van der Waals surface area contributed by atoms with Gasteiger partial charge in [0.1, 0.15) is 6.61 Å². The highest BCUT2D eigenvalue weighted by atomic mass is 16.5. The minimum atomic E-state index is -1.17. The number of rotatable bonds is 1. The topological polar surface area (TPSA) is 111 Å². The van der Waals surface area contributed by atoms with Crippen LogP contribution in [0.1, 0.15) is 64.7 Å². The number of hydrogen-bond donors (Lipinski definition) is 3. The molecular weight excluding hydrogens is 370 g/mol. The van der Waals surface area contributed by atoms with Crippen LogP contribution in [0.3, 0.4) is 0 Å². The van der Waals surface area contributed by atoms with Crippen molar-refractivity contribution in [2.75, 3.05) is 6.61 Å². The van der Waals surface area contributed by atoms with Gasteiger partial charge in [-0.3, -0.25) is 0 Å². The van der Waals surface area contributed by atoms with Crippen molar-refractivity contribution in [3.63, 3.8) is 0 Å². The number of cyclic esters (lactones) is 1. The number of aliphatic hydroxyl groups excluding tert-OH is 1. The Morgan fingerprint density at radius 2 is 1.86 bits per heavy atom. The maximum absolute atomic E-state index is 12.1. The number of ether oxygens (including phenoxy) is 1. The van der Waals surface area contributed by atoms with E-state index in [1.165, 1.54) is 0 Å². The lowest BCUT2D eigenvalue weighted by Gasteiger charge is -2.64. The molecule has 3 N–H and O–H groups in total. The zero-order chi connectivity index (χ0) is 20.7. The van der Waals surface area contributed by atoms with Crippen LogP contribution in [0.2, 0.25) is 0 Å². The summed E-state index contributed by atoms with van der Waals surface area (Å²) in [6.45, 7) is 2.47. The Morgan fingerprint density at radius 1 is 1.10 bits per heavy atom. The van der Waals surface area contributed by atoms with Gasteiger partial charge in [-0.1, -0.05) is 6.92 Å². The summed E-state index contributed by atoms with van der Waals surface area (Å²) in [6, 6.07) is 2.51. The molecule has 0 bridgehead atoms. The molecule has 5 unspecified atom stereocenters. The quantitative estimate of drug-likeness (QED) is 0.581. The van der Waals surface area contributed by atoms with Gasteiger partial charge in [0.2, 0.25) is 0 Å². The standard InChI is InChI=1S/C23H31NO5/c1-20-6-3-17-18(4-8-22(27)11-15(25)2-7-21(17,22)13-24)23(20,28)9-5-16(20)14-10-19(26)29-12-14/h10,15-18,25,27-28H,2-9,11-12H2,1H3/t15?,16?,17-,18?,20+,21-,22?,23?/m0/s1. The second kappa shape index (κ2) is 6.06. The van der Waals surface area contributed by atoms with Crippen LogP contribution in [0.4, 0.5) is 0 Å². The molecule has 0 spiro atoms. The lowest BCUT2D eigenvalue weighted by Crippen LogP contribution is -2.67. The minimum Gasteiger partial charge on any atom is -0.458 e. The lowest BCUT2D eigenvalue weighted by atomic mass is 9.41. The second-order valence-corrected chi connectivity index (χ2v) is 10.6. The SMILES string of the molecule is C[C@]12CC[C@H]3C(CCC4(O)CC(O)CC[C@]34C#N)C1(O)CCC2C1=CC(=O)OC1. The summed E-state index contributed by atoms with van der Waals surface area (Å²) in [6.07, 6.45) is 6.48. The monoisotopic (exact) mass is 401 g/mol. The first kappa shape index (κ1) is 19.5. The Hall–Kier alpha value is -1.42. The van der Waals surface area contributed by atoms with Crippen molar-refractivity contribution in [2.45, 2.75) is 82.0 Å². The van der Waals surface area contributed by atoms with Gasteiger partial charge >= 0.3 is 5.97 Å². The predicted molar refractivity (Wildman–Crippen MR) is 103 cm³/mol. The molecule has 5 rings (SSSR count). The Morgan fingerprint density at radius 3 is 2.55 bits per heavy atom. The molecule has 4 fully saturated rings. The van der Waals surface area contributed by atoms with E-state index in [-0.39, 0.29) is 35.6 Å². The molecule has 4 saturated carbocycles. The number of nitrogens with zero attached hydrogens (tertiary/aromatic N) is 1. The van der Waals surface area contributed by atoms with Crippen LogP contribution in [0.15, 0.2) is 11.6 Å². The number of aliphatic hydroxyl groups is 3. The van der Waals surface area contributed by atoms with E-state index in [2.05, 4.69) is 13.0 Å². The van der Waals surface area contributed by atoms with E-state index >= 15 is 0 Å². The van der Waals surface area contributed by atoms with Crippen LogP contribution in [-0.2, 0) is 9.53 Å². The molecule has 0 radical (unpaired) electrons. The second-order valence-electron chi connectivity index (χ2n) is 10.6. The summed E-state index contributed by atoms with van der Waals surface area (Å²) < 4.78 is 5.16. The molecule has 0 aromatic rings. The molecule has 6 nitrogen and oxygen atoms in total. The first-order valence-corrected chi connectivity index (χ1v) is 11.1. The molecule has 6 heteroatoms. The van der Waals surface area contributed by atoms with Crippen LogP contribution in [0.25, 0.3) is 0 Å². The van der Waals surface area contributed by atoms with Crippen molar-refractivity contribution >= 4 is 5.97 Å². The fourth-order valence-corrected chi connectivity index (χ4v) is 8.27. The Labute approximate surface area is 171 Å². The van der Waals surface area contributed by atoms with Gasteiger partial charge in [0.25, 0.3) is 0 Å². The predicted octanol–water partition coefficient (Wildman–Crippen LogP) is 2.22. The summed E-state index contributed by atoms with van der Waals surface area (Å²) >= 11 is 0. The van der Waals surface area contributed by atoms with Crippen LogP contribution < -0.4 is 0 Å². The number of nitriles is 1. The molecule has 0 aromatic heterocycles. The van der Waals surface area contributed by atoms with E-state index in [0.717, 1.165) is 24.8 Å². The summed E-state index contributed by atoms with van der Waals surface area (Å²) in [7, 11) is 0. The fraction of sp³-hybridized carbons (Fsp3) is 0.826. The maximum Gasteiger partial charge on any atom is 0.331 e. The Kier molecular flexibility index (Phi) is 4.08. The molecule has 1 aliphatic heterocycles. The molecule has 0 aromatic carbocycles. The average Bonchev–Trinajstić information content (AvgIpc) is 3.21. The van der Waals surface area contributed by atoms with Gasteiger partial charge in [0, 0.05) is 17.9 Å². The van der Waals surface area contributed by atoms with Crippen molar-refractivity contribution in [1.82, 2.24) is 0 Å². The first-order valence-electron chi connectivity index (χ1n) is 11.1. The third kappa shape index (κ3) is 2.30. The van der Waals surface area contributed by atoms with E-state index in [0.29, 0.717) is 38.7 Å². The van der Waals surface area contributed by atoms with E-state index in [1.54, 1.807) is 6.08 Å². The van der Waals surface area contributed by atoms with Gasteiger partial charge in [-0.25, -0.2) is 4.79 Å². The molecule has 29 heavy (non-hydrogen) atoms. The van der Waals surface area contributed by atoms with Crippen molar-refractivity contribution < 1.29 is 24.9 Å². The van der Waals surface area contributed by atoms with Crippen LogP contribution in [0.5, 0.6) is 0 Å². The number of carbonyl (C=O) groups is 1. The minimum absolute atomic E-state index is 0.0416. The van der Waals surface area contributed by atoms with Gasteiger partial charge in [0.15, 0.2) is 0 Å². The zero-order valence-corrected chi connectivity index (χ0v) is 17.1. The number of fused-ring (bicyclic) bond motifs is 5. The van der Waals surface area contributed by atoms with Crippen LogP contribution in [0, 0.1) is 39.9 Å². The van der Waals surface area contributed by atoms with Crippen molar-refractivity contribution in [3.8, 4) is 6.07 Å². The molecule has 158 valence electrons. The highest BCUT2D eigenvalue weighted by Crippen LogP contribution is 2.70. The number of hydrogen-bond acceptors (Lipinski definition) is 6. The molecule has 0 amide bonds. The van der Waals surface area contributed by atoms with Crippen LogP contribution >= 0.6 is 0 Å². The van der Waals surface area contributed by atoms with Crippen molar-refractivity contribution in [2.24, 2.45) is 28.6 Å². The van der Waals surface area contributed by atoms with Crippen molar-refractivity contribution in [1.29, 1.82) is 5.26 Å². The number of carbonyl (C=O) groups excluding carboxylic acids is 1. The highest BCUT2D eigenvalue weighted by Gasteiger charge is 2.71. The molecule has 1 heterocycles. The largest absolute Gasteiger partial charge is 0.458 e. The molecule has 0 saturated heterocycles. The number of esters is 1. The Balaban J connectivity index is 1.52. The van der Waals surface area contributed by atoms with Gasteiger partial charge in [-0.05, 0) is 74.7 Å². The van der Waals surface area contributed by atoms with Crippen molar-refractivity contribution in [3.05, 3.63) is 11.6 Å². The van der Waals surface area contributed by atoms with Gasteiger partial charge in [-0.2, -0.15) is 5.26 Å². The smallest absolute Gasteiger partial charge is 0.331 e. The molecule has 4 aliphatic carbocycles. The van der Waals surface area contributed by atoms with E-state index in [9.17, 15) is 25.4 Å². The van der Waals surface area contributed by atoms with Crippen LogP contribution in [-0.4, -0.2) is 45.2 Å². The van der Waals surface area contributed by atoms with E-state index in [1.807, 2.05) is 0 Å². The summed E-state index contributed by atoms with van der Waals surface area (Å²) in [4.78, 5) is 11.6. The molecule has 8 atom stereocenters. The third-order valence-corrected chi connectivity index (χ3v) is 9.75. The normalized spacial score (nSPS) is 53.9. The average molecular weight is 402 g/mol. The summed E-state index contributed by atoms with van der Waals surface area (Å²) in [5, 5.41) is 44.0. The zero-order valence-electron chi connectivity index (χ0n) is 17.1. The molecule has 5 aliphatic rings. The van der Waals surface area contributed by atoms with Gasteiger partial charge in [0.05, 0.1) is 28.8 Å². The lowest BCUT2D eigenvalue weighted by molar-refractivity contribution is -0.242.